The van der Waals surface area contributed by atoms with Gasteiger partial charge in [0.15, 0.2) is 5.58 Å². The Bertz CT molecular complexity index is 490. The SMILES string of the molecule is Cc1noc2c(CN=O)c(O)ccc12. The van der Waals surface area contributed by atoms with Gasteiger partial charge in [0.05, 0.1) is 11.3 Å². The largest absolute Gasteiger partial charge is 0.507 e. The molecule has 0 radical (unpaired) electrons. The first-order valence-corrected chi connectivity index (χ1v) is 4.10. The fourth-order valence-corrected chi connectivity index (χ4v) is 1.39. The summed E-state index contributed by atoms with van der Waals surface area (Å²) < 4.78 is 5.00. The third-order valence-electron chi connectivity index (χ3n) is 2.12. The molecule has 0 saturated carbocycles. The first-order chi connectivity index (χ1) is 6.74. The topological polar surface area (TPSA) is 75.7 Å². The Hall–Kier alpha value is -1.91. The van der Waals surface area contributed by atoms with Gasteiger partial charge < -0.3 is 9.63 Å². The fourth-order valence-electron chi connectivity index (χ4n) is 1.39. The number of rotatable bonds is 2. The Labute approximate surface area is 79.3 Å². The van der Waals surface area contributed by atoms with Crippen molar-refractivity contribution in [3.63, 3.8) is 0 Å². The van der Waals surface area contributed by atoms with Gasteiger partial charge in [-0.15, -0.1) is 0 Å². The van der Waals surface area contributed by atoms with Gasteiger partial charge in [-0.1, -0.05) is 10.3 Å². The van der Waals surface area contributed by atoms with Gasteiger partial charge in [-0.2, -0.15) is 4.91 Å². The normalized spacial score (nSPS) is 10.6. The van der Waals surface area contributed by atoms with Crippen LogP contribution in [0.2, 0.25) is 0 Å². The first-order valence-electron chi connectivity index (χ1n) is 4.10. The summed E-state index contributed by atoms with van der Waals surface area (Å²) in [5.74, 6) is 0.00764. The second kappa shape index (κ2) is 3.10. The van der Waals surface area contributed by atoms with Crippen LogP contribution in [0.25, 0.3) is 11.0 Å². The lowest BCUT2D eigenvalue weighted by Crippen LogP contribution is -1.83. The minimum Gasteiger partial charge on any atom is -0.507 e. The minimum atomic E-state index is -0.113. The highest BCUT2D eigenvalue weighted by Gasteiger charge is 2.13. The van der Waals surface area contributed by atoms with E-state index in [1.807, 2.05) is 0 Å². The summed E-state index contributed by atoms with van der Waals surface area (Å²) in [6, 6.07) is 3.21. The van der Waals surface area contributed by atoms with Crippen LogP contribution in [-0.2, 0) is 6.54 Å². The summed E-state index contributed by atoms with van der Waals surface area (Å²) in [5, 5.41) is 16.7. The minimum absolute atomic E-state index is 0.00764. The van der Waals surface area contributed by atoms with Gasteiger partial charge in [0.2, 0.25) is 0 Å². The summed E-state index contributed by atoms with van der Waals surface area (Å²) in [6.45, 7) is 1.68. The number of aromatic hydroxyl groups is 1. The van der Waals surface area contributed by atoms with E-state index in [2.05, 4.69) is 10.3 Å². The molecule has 0 spiro atoms. The number of hydrogen-bond acceptors (Lipinski definition) is 5. The number of benzene rings is 1. The van der Waals surface area contributed by atoms with Gasteiger partial charge in [0, 0.05) is 5.39 Å². The van der Waals surface area contributed by atoms with Crippen molar-refractivity contribution in [3.05, 3.63) is 28.3 Å². The van der Waals surface area contributed by atoms with Gasteiger partial charge in [0.25, 0.3) is 0 Å². The van der Waals surface area contributed by atoms with E-state index in [1.165, 1.54) is 6.07 Å². The van der Waals surface area contributed by atoms with Crippen LogP contribution in [0.1, 0.15) is 11.3 Å². The molecule has 72 valence electrons. The molecule has 0 unspecified atom stereocenters. The number of phenols is 1. The van der Waals surface area contributed by atoms with Crippen molar-refractivity contribution in [2.75, 3.05) is 0 Å². The van der Waals surface area contributed by atoms with E-state index in [-0.39, 0.29) is 12.3 Å². The van der Waals surface area contributed by atoms with Crippen LogP contribution in [0.15, 0.2) is 21.8 Å². The number of hydrogen-bond donors (Lipinski definition) is 1. The number of aryl methyl sites for hydroxylation is 1. The molecule has 0 saturated heterocycles. The second-order valence-corrected chi connectivity index (χ2v) is 3.00. The summed E-state index contributed by atoms with van der Waals surface area (Å²) in [7, 11) is 0. The third-order valence-corrected chi connectivity index (χ3v) is 2.12. The summed E-state index contributed by atoms with van der Waals surface area (Å²) in [6.07, 6.45) is 0. The van der Waals surface area contributed by atoms with Crippen molar-refractivity contribution in [1.29, 1.82) is 0 Å². The van der Waals surface area contributed by atoms with Crippen LogP contribution < -0.4 is 0 Å². The van der Waals surface area contributed by atoms with Crippen LogP contribution >= 0.6 is 0 Å². The van der Waals surface area contributed by atoms with Crippen molar-refractivity contribution >= 4 is 11.0 Å². The van der Waals surface area contributed by atoms with Gasteiger partial charge in [0.1, 0.15) is 12.3 Å². The summed E-state index contributed by atoms with van der Waals surface area (Å²) in [5.41, 5.74) is 1.55. The van der Waals surface area contributed by atoms with Gasteiger partial charge in [-0.05, 0) is 19.1 Å². The van der Waals surface area contributed by atoms with Crippen LogP contribution in [0.3, 0.4) is 0 Å². The van der Waals surface area contributed by atoms with E-state index in [0.29, 0.717) is 11.1 Å². The van der Waals surface area contributed by atoms with Crippen molar-refractivity contribution in [1.82, 2.24) is 5.16 Å². The van der Waals surface area contributed by atoms with E-state index in [9.17, 15) is 10.0 Å². The van der Waals surface area contributed by atoms with E-state index in [1.54, 1.807) is 13.0 Å². The molecule has 1 N–H and O–H groups in total. The molecule has 0 amide bonds. The molecule has 5 nitrogen and oxygen atoms in total. The average molecular weight is 192 g/mol. The lowest BCUT2D eigenvalue weighted by atomic mass is 10.1. The van der Waals surface area contributed by atoms with Crippen molar-refractivity contribution in [3.8, 4) is 5.75 Å². The zero-order chi connectivity index (χ0) is 10.1. The molecule has 0 bridgehead atoms. The first kappa shape index (κ1) is 8.68. The highest BCUT2D eigenvalue weighted by molar-refractivity contribution is 5.84. The van der Waals surface area contributed by atoms with E-state index in [0.717, 1.165) is 11.1 Å². The van der Waals surface area contributed by atoms with Crippen LogP contribution in [0.5, 0.6) is 5.75 Å². The maximum atomic E-state index is 10.2. The Balaban J connectivity index is 2.76. The lowest BCUT2D eigenvalue weighted by Gasteiger charge is -1.98. The second-order valence-electron chi connectivity index (χ2n) is 3.00. The van der Waals surface area contributed by atoms with E-state index in [4.69, 9.17) is 4.52 Å². The highest BCUT2D eigenvalue weighted by atomic mass is 16.5. The molecule has 14 heavy (non-hydrogen) atoms. The van der Waals surface area contributed by atoms with Crippen LogP contribution in [-0.4, -0.2) is 10.3 Å². The monoisotopic (exact) mass is 192 g/mol. The Kier molecular flexibility index (Phi) is 1.92. The Morgan fingerprint density at radius 3 is 3.07 bits per heavy atom. The molecule has 1 aromatic carbocycles. The molecule has 0 fully saturated rings. The molecule has 0 aliphatic carbocycles. The molecule has 2 aromatic rings. The molecule has 0 atom stereocenters. The summed E-state index contributed by atoms with van der Waals surface area (Å²) in [4.78, 5) is 10.2. The zero-order valence-corrected chi connectivity index (χ0v) is 7.52. The molecule has 0 aliphatic rings. The lowest BCUT2D eigenvalue weighted by molar-refractivity contribution is 0.438. The summed E-state index contributed by atoms with van der Waals surface area (Å²) >= 11 is 0. The molecular formula is C9H8N2O3. The number of phenolic OH excluding ortho intramolecular Hbond substituents is 1. The zero-order valence-electron chi connectivity index (χ0n) is 7.52. The van der Waals surface area contributed by atoms with Crippen molar-refractivity contribution in [2.24, 2.45) is 5.18 Å². The third kappa shape index (κ3) is 1.14. The van der Waals surface area contributed by atoms with Gasteiger partial charge in [-0.25, -0.2) is 0 Å². The number of nitrogens with zero attached hydrogens (tertiary/aromatic N) is 2. The number of aromatic nitrogens is 1. The molecule has 5 heteroatoms. The molecule has 1 aromatic heterocycles. The van der Waals surface area contributed by atoms with E-state index < -0.39 is 0 Å². The predicted molar refractivity (Wildman–Crippen MR) is 49.9 cm³/mol. The standard InChI is InChI=1S/C9H8N2O3/c1-5-6-2-3-8(12)7(4-10-13)9(6)14-11-5/h2-3,12H,4H2,1H3. The molecular weight excluding hydrogens is 184 g/mol. The fraction of sp³-hybridized carbons (Fsp3) is 0.222. The predicted octanol–water partition coefficient (Wildman–Crippen LogP) is 2.11. The van der Waals surface area contributed by atoms with Crippen molar-refractivity contribution < 1.29 is 9.63 Å². The maximum absolute atomic E-state index is 10.2. The van der Waals surface area contributed by atoms with E-state index >= 15 is 0 Å². The quantitative estimate of drug-likeness (QED) is 0.739. The molecule has 1 heterocycles. The maximum Gasteiger partial charge on any atom is 0.176 e. The van der Waals surface area contributed by atoms with Gasteiger partial charge in [-0.3, -0.25) is 0 Å². The van der Waals surface area contributed by atoms with Crippen LogP contribution in [0.4, 0.5) is 0 Å². The van der Waals surface area contributed by atoms with Crippen LogP contribution in [0, 0.1) is 11.8 Å². The smallest absolute Gasteiger partial charge is 0.176 e. The van der Waals surface area contributed by atoms with Crippen molar-refractivity contribution in [2.45, 2.75) is 13.5 Å². The Morgan fingerprint density at radius 1 is 1.57 bits per heavy atom. The van der Waals surface area contributed by atoms with Gasteiger partial charge >= 0.3 is 0 Å². The molecule has 0 aliphatic heterocycles. The number of fused-ring (bicyclic) bond motifs is 1. The average Bonchev–Trinajstić information content (AvgIpc) is 2.53. The molecule has 2 rings (SSSR count). The Morgan fingerprint density at radius 2 is 2.36 bits per heavy atom. The number of nitroso groups, excluding NO2 is 1. The highest BCUT2D eigenvalue weighted by Crippen LogP contribution is 2.29.